The Morgan fingerprint density at radius 2 is 1.86 bits per heavy atom. The molecule has 2 amide bonds. The van der Waals surface area contributed by atoms with Crippen molar-refractivity contribution in [1.82, 2.24) is 9.80 Å². The molecule has 0 aromatic heterocycles. The fraction of sp³-hybridized carbons (Fsp3) is 0.636. The summed E-state index contributed by atoms with van der Waals surface area (Å²) < 4.78 is 5.64. The summed E-state index contributed by atoms with van der Waals surface area (Å²) in [6.07, 6.45) is 2.90. The molecule has 2 aliphatic rings. The van der Waals surface area contributed by atoms with Gasteiger partial charge >= 0.3 is 0 Å². The number of hydrogen-bond donors (Lipinski definition) is 1. The van der Waals surface area contributed by atoms with Gasteiger partial charge in [0, 0.05) is 32.2 Å². The van der Waals surface area contributed by atoms with Crippen molar-refractivity contribution in [2.24, 2.45) is 17.1 Å². The third kappa shape index (κ3) is 6.09. The van der Waals surface area contributed by atoms with E-state index in [0.717, 1.165) is 38.1 Å². The van der Waals surface area contributed by atoms with Gasteiger partial charge in [-0.1, -0.05) is 32.0 Å². The third-order valence-electron chi connectivity index (χ3n) is 6.08. The van der Waals surface area contributed by atoms with Crippen molar-refractivity contribution in [1.29, 1.82) is 0 Å². The molecule has 3 rings (SSSR count). The van der Waals surface area contributed by atoms with Crippen molar-refractivity contribution in [2.45, 2.75) is 45.6 Å². The monoisotopic (exact) mass is 423 g/mol. The van der Waals surface area contributed by atoms with E-state index in [1.54, 1.807) is 0 Å². The molecule has 2 fully saturated rings. The summed E-state index contributed by atoms with van der Waals surface area (Å²) in [5.41, 5.74) is 6.14. The normalized spacial score (nSPS) is 23.8. The smallest absolute Gasteiger partial charge is 0.227 e. The first-order valence-electron chi connectivity index (χ1n) is 10.4. The molecule has 0 radical (unpaired) electrons. The van der Waals surface area contributed by atoms with E-state index >= 15 is 0 Å². The topological polar surface area (TPSA) is 75.9 Å². The van der Waals surface area contributed by atoms with E-state index in [1.165, 1.54) is 0 Å². The highest BCUT2D eigenvalue weighted by Gasteiger charge is 2.38. The molecule has 0 bridgehead atoms. The van der Waals surface area contributed by atoms with Crippen LogP contribution in [0.1, 0.15) is 39.5 Å². The highest BCUT2D eigenvalue weighted by atomic mass is 35.5. The number of nitrogens with zero attached hydrogens (tertiary/aromatic N) is 2. The summed E-state index contributed by atoms with van der Waals surface area (Å²) in [7, 11) is 0. The molecule has 0 saturated carbocycles. The van der Waals surface area contributed by atoms with Gasteiger partial charge in [0.1, 0.15) is 5.75 Å². The third-order valence-corrected chi connectivity index (χ3v) is 6.08. The van der Waals surface area contributed by atoms with Crippen LogP contribution in [-0.4, -0.2) is 60.4 Å². The zero-order valence-corrected chi connectivity index (χ0v) is 18.3. The maximum atomic E-state index is 13.0. The lowest BCUT2D eigenvalue weighted by atomic mass is 9.79. The molecule has 2 heterocycles. The van der Waals surface area contributed by atoms with Gasteiger partial charge in [0.05, 0.1) is 18.9 Å². The predicted octanol–water partition coefficient (Wildman–Crippen LogP) is 2.70. The minimum absolute atomic E-state index is 0. The van der Waals surface area contributed by atoms with Crippen molar-refractivity contribution in [3.63, 3.8) is 0 Å². The standard InChI is InChI=1S/C22H33N3O3.ClH/c1-22(2)16-25(13-10-19(22)23)21(27)17-7-6-12-24(15-17)20(26)11-14-28-18-8-4-3-5-9-18;/h3-5,8-9,17,19H,6-7,10-16,23H2,1-2H3;1H. The Hall–Kier alpha value is -1.79. The Morgan fingerprint density at radius 1 is 1.14 bits per heavy atom. The second kappa shape index (κ2) is 10.3. The number of piperidine rings is 2. The molecule has 29 heavy (non-hydrogen) atoms. The average Bonchev–Trinajstić information content (AvgIpc) is 2.70. The minimum atomic E-state index is -0.0992. The molecular weight excluding hydrogens is 390 g/mol. The van der Waals surface area contributed by atoms with E-state index in [2.05, 4.69) is 13.8 Å². The highest BCUT2D eigenvalue weighted by Crippen LogP contribution is 2.30. The number of rotatable bonds is 5. The Labute approximate surface area is 180 Å². The number of carbonyl (C=O) groups is 2. The van der Waals surface area contributed by atoms with Gasteiger partial charge in [0.2, 0.25) is 11.8 Å². The number of hydrogen-bond acceptors (Lipinski definition) is 4. The Morgan fingerprint density at radius 3 is 2.55 bits per heavy atom. The molecule has 2 N–H and O–H groups in total. The van der Waals surface area contributed by atoms with Crippen LogP contribution in [0.3, 0.4) is 0 Å². The largest absolute Gasteiger partial charge is 0.493 e. The van der Waals surface area contributed by atoms with Gasteiger partial charge in [0.25, 0.3) is 0 Å². The first kappa shape index (κ1) is 23.5. The van der Waals surface area contributed by atoms with Crippen LogP contribution in [0, 0.1) is 11.3 Å². The Kier molecular flexibility index (Phi) is 8.34. The molecule has 7 heteroatoms. The van der Waals surface area contributed by atoms with Crippen molar-refractivity contribution in [3.05, 3.63) is 30.3 Å². The van der Waals surface area contributed by atoms with Gasteiger partial charge in [-0.15, -0.1) is 12.4 Å². The molecule has 2 aliphatic heterocycles. The van der Waals surface area contributed by atoms with Gasteiger partial charge in [-0.05, 0) is 36.8 Å². The summed E-state index contributed by atoms with van der Waals surface area (Å²) in [5, 5.41) is 0. The van der Waals surface area contributed by atoms with E-state index in [4.69, 9.17) is 10.5 Å². The van der Waals surface area contributed by atoms with Crippen LogP contribution in [-0.2, 0) is 9.59 Å². The van der Waals surface area contributed by atoms with E-state index in [9.17, 15) is 9.59 Å². The van der Waals surface area contributed by atoms with Gasteiger partial charge < -0.3 is 20.3 Å². The number of nitrogens with two attached hydrogens (primary N) is 1. The number of halogens is 1. The number of para-hydroxylation sites is 1. The van der Waals surface area contributed by atoms with Crippen LogP contribution < -0.4 is 10.5 Å². The summed E-state index contributed by atoms with van der Waals surface area (Å²) in [6, 6.07) is 9.64. The summed E-state index contributed by atoms with van der Waals surface area (Å²) in [5.74, 6) is 0.915. The maximum Gasteiger partial charge on any atom is 0.227 e. The van der Waals surface area contributed by atoms with E-state index in [1.807, 2.05) is 40.1 Å². The fourth-order valence-corrected chi connectivity index (χ4v) is 4.16. The van der Waals surface area contributed by atoms with Crippen molar-refractivity contribution in [3.8, 4) is 5.75 Å². The lowest BCUT2D eigenvalue weighted by Gasteiger charge is -2.44. The lowest BCUT2D eigenvalue weighted by Crippen LogP contribution is -2.56. The molecular formula is C22H34ClN3O3. The zero-order valence-electron chi connectivity index (χ0n) is 17.5. The number of ether oxygens (including phenoxy) is 1. The molecule has 2 saturated heterocycles. The van der Waals surface area contributed by atoms with Crippen LogP contribution in [0.4, 0.5) is 0 Å². The first-order valence-corrected chi connectivity index (χ1v) is 10.4. The van der Waals surface area contributed by atoms with E-state index < -0.39 is 0 Å². The second-order valence-corrected chi connectivity index (χ2v) is 8.73. The summed E-state index contributed by atoms with van der Waals surface area (Å²) in [6.45, 7) is 7.27. The first-order chi connectivity index (χ1) is 13.4. The Balaban J connectivity index is 0.00000300. The van der Waals surface area contributed by atoms with E-state index in [-0.39, 0.29) is 41.6 Å². The van der Waals surface area contributed by atoms with Crippen LogP contribution >= 0.6 is 12.4 Å². The zero-order chi connectivity index (χ0) is 20.1. The average molecular weight is 424 g/mol. The highest BCUT2D eigenvalue weighted by molar-refractivity contribution is 5.85. The molecule has 2 unspecified atom stereocenters. The molecule has 1 aromatic rings. The summed E-state index contributed by atoms with van der Waals surface area (Å²) >= 11 is 0. The summed E-state index contributed by atoms with van der Waals surface area (Å²) in [4.78, 5) is 29.4. The van der Waals surface area contributed by atoms with Crippen LogP contribution in [0.25, 0.3) is 0 Å². The van der Waals surface area contributed by atoms with Gasteiger partial charge in [-0.3, -0.25) is 9.59 Å². The van der Waals surface area contributed by atoms with Crippen LogP contribution in [0.15, 0.2) is 30.3 Å². The Bertz CT molecular complexity index is 683. The van der Waals surface area contributed by atoms with Crippen LogP contribution in [0.2, 0.25) is 0 Å². The van der Waals surface area contributed by atoms with Crippen molar-refractivity contribution >= 4 is 24.2 Å². The number of carbonyl (C=O) groups excluding carboxylic acids is 2. The minimum Gasteiger partial charge on any atom is -0.493 e. The van der Waals surface area contributed by atoms with Crippen molar-refractivity contribution in [2.75, 3.05) is 32.8 Å². The van der Waals surface area contributed by atoms with Crippen LogP contribution in [0.5, 0.6) is 5.75 Å². The van der Waals surface area contributed by atoms with Crippen molar-refractivity contribution < 1.29 is 14.3 Å². The molecule has 2 atom stereocenters. The fourth-order valence-electron chi connectivity index (χ4n) is 4.16. The van der Waals surface area contributed by atoms with Gasteiger partial charge in [0.15, 0.2) is 0 Å². The predicted molar refractivity (Wildman–Crippen MR) is 116 cm³/mol. The molecule has 6 nitrogen and oxygen atoms in total. The number of benzene rings is 1. The number of likely N-dealkylation sites (tertiary alicyclic amines) is 2. The quantitative estimate of drug-likeness (QED) is 0.789. The molecule has 0 aliphatic carbocycles. The van der Waals surface area contributed by atoms with E-state index in [0.29, 0.717) is 26.1 Å². The second-order valence-electron chi connectivity index (χ2n) is 8.73. The lowest BCUT2D eigenvalue weighted by molar-refractivity contribution is -0.143. The molecule has 1 aromatic carbocycles. The molecule has 0 spiro atoms. The van der Waals surface area contributed by atoms with Gasteiger partial charge in [-0.25, -0.2) is 0 Å². The van der Waals surface area contributed by atoms with Gasteiger partial charge in [-0.2, -0.15) is 0 Å². The molecule has 162 valence electrons. The SMILES string of the molecule is CC1(C)CN(C(=O)C2CCCN(C(=O)CCOc3ccccc3)C2)CCC1N.Cl. The maximum absolute atomic E-state index is 13.0. The number of amides is 2.